The predicted molar refractivity (Wildman–Crippen MR) is 143 cm³/mol. The number of carbonyl (C=O) groups is 3. The van der Waals surface area contributed by atoms with Gasteiger partial charge in [0.05, 0.1) is 6.04 Å². The van der Waals surface area contributed by atoms with Gasteiger partial charge in [-0.05, 0) is 41.3 Å². The Morgan fingerprint density at radius 3 is 2.08 bits per heavy atom. The lowest BCUT2D eigenvalue weighted by molar-refractivity contribution is -0.142. The van der Waals surface area contributed by atoms with Crippen LogP contribution in [0.25, 0.3) is 10.9 Å². The molecule has 9 nitrogen and oxygen atoms in total. The first kappa shape index (κ1) is 26.4. The van der Waals surface area contributed by atoms with Gasteiger partial charge in [0.2, 0.25) is 11.8 Å². The molecule has 4 rings (SSSR count). The zero-order valence-corrected chi connectivity index (χ0v) is 20.6. The highest BCUT2D eigenvalue weighted by atomic mass is 16.4. The summed E-state index contributed by atoms with van der Waals surface area (Å²) < 4.78 is 0. The van der Waals surface area contributed by atoms with Crippen molar-refractivity contribution in [1.29, 1.82) is 0 Å². The quantitative estimate of drug-likeness (QED) is 0.180. The number of carboxylic acids is 1. The minimum Gasteiger partial charge on any atom is -0.508 e. The van der Waals surface area contributed by atoms with E-state index in [1.165, 1.54) is 12.1 Å². The monoisotopic (exact) mass is 514 g/mol. The Balaban J connectivity index is 1.48. The van der Waals surface area contributed by atoms with Crippen LogP contribution in [-0.2, 0) is 33.6 Å². The van der Waals surface area contributed by atoms with Crippen LogP contribution in [0.3, 0.4) is 0 Å². The zero-order valence-electron chi connectivity index (χ0n) is 20.6. The number of fused-ring (bicyclic) bond motifs is 1. The van der Waals surface area contributed by atoms with Gasteiger partial charge in [-0.3, -0.25) is 9.59 Å². The molecule has 1 aromatic heterocycles. The number of hydrogen-bond donors (Lipinski definition) is 6. The van der Waals surface area contributed by atoms with E-state index in [9.17, 15) is 24.6 Å². The fraction of sp³-hybridized carbons (Fsp3) is 0.207. The number of hydrogen-bond acceptors (Lipinski definition) is 5. The number of carboxylic acid groups (broad SMARTS) is 1. The summed E-state index contributed by atoms with van der Waals surface area (Å²) in [5.74, 6) is -2.31. The van der Waals surface area contributed by atoms with Gasteiger partial charge in [-0.25, -0.2) is 4.79 Å². The summed E-state index contributed by atoms with van der Waals surface area (Å²) in [4.78, 5) is 41.5. The van der Waals surface area contributed by atoms with Crippen LogP contribution in [0.5, 0.6) is 5.75 Å². The lowest BCUT2D eigenvalue weighted by Gasteiger charge is -2.23. The van der Waals surface area contributed by atoms with E-state index in [2.05, 4.69) is 15.6 Å². The first-order chi connectivity index (χ1) is 18.3. The van der Waals surface area contributed by atoms with Crippen LogP contribution in [0, 0.1) is 0 Å². The van der Waals surface area contributed by atoms with Gasteiger partial charge in [0.15, 0.2) is 0 Å². The van der Waals surface area contributed by atoms with Crippen molar-refractivity contribution in [2.45, 2.75) is 37.4 Å². The molecule has 0 aliphatic carbocycles. The number of para-hydroxylation sites is 1. The first-order valence-corrected chi connectivity index (χ1v) is 12.3. The van der Waals surface area contributed by atoms with Crippen LogP contribution in [0.1, 0.15) is 16.7 Å². The van der Waals surface area contributed by atoms with Gasteiger partial charge in [0.1, 0.15) is 17.8 Å². The van der Waals surface area contributed by atoms with Crippen molar-refractivity contribution in [3.63, 3.8) is 0 Å². The van der Waals surface area contributed by atoms with Gasteiger partial charge < -0.3 is 31.6 Å². The van der Waals surface area contributed by atoms with E-state index in [1.807, 2.05) is 60.8 Å². The van der Waals surface area contributed by atoms with Gasteiger partial charge in [-0.15, -0.1) is 0 Å². The molecule has 196 valence electrons. The summed E-state index contributed by atoms with van der Waals surface area (Å²) in [6, 6.07) is 19.7. The van der Waals surface area contributed by atoms with Crippen LogP contribution in [0.4, 0.5) is 0 Å². The normalized spacial score (nSPS) is 13.4. The van der Waals surface area contributed by atoms with Crippen molar-refractivity contribution in [2.75, 3.05) is 0 Å². The van der Waals surface area contributed by atoms with E-state index in [0.717, 1.165) is 22.0 Å². The average Bonchev–Trinajstić information content (AvgIpc) is 3.32. The van der Waals surface area contributed by atoms with E-state index in [1.54, 1.807) is 12.1 Å². The van der Waals surface area contributed by atoms with Crippen molar-refractivity contribution in [3.05, 3.63) is 102 Å². The number of rotatable bonds is 11. The number of H-pyrrole nitrogens is 1. The second-order valence-electron chi connectivity index (χ2n) is 9.19. The molecular formula is C29H30N4O5. The molecule has 0 aliphatic heterocycles. The molecule has 1 heterocycles. The topological polar surface area (TPSA) is 158 Å². The molecule has 4 aromatic rings. The molecule has 2 amide bonds. The molecule has 9 heteroatoms. The molecular weight excluding hydrogens is 484 g/mol. The molecule has 0 saturated heterocycles. The molecule has 38 heavy (non-hydrogen) atoms. The zero-order chi connectivity index (χ0) is 27.1. The number of aromatic nitrogens is 1. The molecule has 0 spiro atoms. The molecule has 0 aliphatic rings. The number of aromatic hydroxyl groups is 1. The van der Waals surface area contributed by atoms with Gasteiger partial charge in [0.25, 0.3) is 0 Å². The van der Waals surface area contributed by atoms with E-state index in [-0.39, 0.29) is 25.0 Å². The average molecular weight is 515 g/mol. The Labute approximate surface area is 219 Å². The van der Waals surface area contributed by atoms with Crippen LogP contribution in [0.15, 0.2) is 85.1 Å². The van der Waals surface area contributed by atoms with Crippen molar-refractivity contribution < 1.29 is 24.6 Å². The number of aromatic amines is 1. The third kappa shape index (κ3) is 6.77. The van der Waals surface area contributed by atoms with Gasteiger partial charge in [-0.2, -0.15) is 0 Å². The molecule has 0 radical (unpaired) electrons. The maximum atomic E-state index is 13.3. The number of nitrogens with one attached hydrogen (secondary N) is 3. The number of nitrogens with two attached hydrogens (primary N) is 1. The Morgan fingerprint density at radius 2 is 1.37 bits per heavy atom. The number of aliphatic carboxylic acids is 1. The second kappa shape index (κ2) is 12.1. The fourth-order valence-electron chi connectivity index (χ4n) is 4.31. The van der Waals surface area contributed by atoms with Crippen molar-refractivity contribution in [1.82, 2.24) is 15.6 Å². The summed E-state index contributed by atoms with van der Waals surface area (Å²) in [5.41, 5.74) is 9.47. The first-order valence-electron chi connectivity index (χ1n) is 12.3. The van der Waals surface area contributed by atoms with Crippen molar-refractivity contribution in [2.24, 2.45) is 5.73 Å². The summed E-state index contributed by atoms with van der Waals surface area (Å²) in [5, 5.41) is 25.5. The minimum atomic E-state index is -1.23. The lowest BCUT2D eigenvalue weighted by atomic mass is 10.0. The number of phenols is 1. The minimum absolute atomic E-state index is 0.00738. The predicted octanol–water partition coefficient (Wildman–Crippen LogP) is 2.28. The Bertz CT molecular complexity index is 1400. The largest absolute Gasteiger partial charge is 0.508 e. The van der Waals surface area contributed by atoms with E-state index in [0.29, 0.717) is 5.56 Å². The molecule has 3 aromatic carbocycles. The highest BCUT2D eigenvalue weighted by molar-refractivity contribution is 5.92. The number of phenolic OH excluding ortho intramolecular Hbond substituents is 1. The Morgan fingerprint density at radius 1 is 0.763 bits per heavy atom. The molecule has 3 atom stereocenters. The number of amides is 2. The number of benzene rings is 3. The summed E-state index contributed by atoms with van der Waals surface area (Å²) in [7, 11) is 0. The van der Waals surface area contributed by atoms with E-state index in [4.69, 9.17) is 5.73 Å². The van der Waals surface area contributed by atoms with E-state index < -0.39 is 35.9 Å². The maximum absolute atomic E-state index is 13.3. The van der Waals surface area contributed by atoms with Gasteiger partial charge >= 0.3 is 5.97 Å². The highest BCUT2D eigenvalue weighted by Crippen LogP contribution is 2.19. The Kier molecular flexibility index (Phi) is 8.40. The second-order valence-corrected chi connectivity index (χ2v) is 9.19. The molecule has 0 saturated carbocycles. The highest BCUT2D eigenvalue weighted by Gasteiger charge is 2.28. The summed E-state index contributed by atoms with van der Waals surface area (Å²) in [6.45, 7) is 0. The van der Waals surface area contributed by atoms with Gasteiger partial charge in [-0.1, -0.05) is 60.7 Å². The van der Waals surface area contributed by atoms with Crippen LogP contribution in [-0.4, -0.2) is 51.1 Å². The van der Waals surface area contributed by atoms with Gasteiger partial charge in [0, 0.05) is 29.9 Å². The van der Waals surface area contributed by atoms with Crippen molar-refractivity contribution in [3.8, 4) is 5.75 Å². The summed E-state index contributed by atoms with van der Waals surface area (Å²) >= 11 is 0. The molecule has 0 bridgehead atoms. The fourth-order valence-corrected chi connectivity index (χ4v) is 4.31. The van der Waals surface area contributed by atoms with Crippen molar-refractivity contribution >= 4 is 28.7 Å². The summed E-state index contributed by atoms with van der Waals surface area (Å²) in [6.07, 6.45) is 2.23. The third-order valence-electron chi connectivity index (χ3n) is 6.36. The smallest absolute Gasteiger partial charge is 0.326 e. The number of carbonyl (C=O) groups excluding carboxylic acids is 2. The van der Waals surface area contributed by atoms with E-state index >= 15 is 0 Å². The molecule has 7 N–H and O–H groups in total. The SMILES string of the molecule is NC(Cc1c[nH]c2ccccc12)C(=O)NC(Cc1ccccc1)C(=O)NC(Cc1ccc(O)cc1)C(=O)O. The lowest BCUT2D eigenvalue weighted by Crippen LogP contribution is -2.55. The molecule has 0 fully saturated rings. The maximum Gasteiger partial charge on any atom is 0.326 e. The van der Waals surface area contributed by atoms with Crippen LogP contribution < -0.4 is 16.4 Å². The molecule has 3 unspecified atom stereocenters. The third-order valence-corrected chi connectivity index (χ3v) is 6.36. The standard InChI is InChI=1S/C29H30N4O5/c30-23(16-20-17-31-24-9-5-4-8-22(20)24)27(35)32-25(14-18-6-2-1-3-7-18)28(36)33-26(29(37)38)15-19-10-12-21(34)13-11-19/h1-13,17,23,25-26,31,34H,14-16,30H2,(H,32,35)(H,33,36)(H,37,38). The van der Waals surface area contributed by atoms with Crippen LogP contribution in [0.2, 0.25) is 0 Å². The van der Waals surface area contributed by atoms with Crippen LogP contribution >= 0.6 is 0 Å². The Hall–Kier alpha value is -4.63.